The van der Waals surface area contributed by atoms with Crippen molar-refractivity contribution in [2.45, 2.75) is 58.2 Å². The Labute approximate surface area is 104 Å². The van der Waals surface area contributed by atoms with E-state index in [9.17, 15) is 0 Å². The van der Waals surface area contributed by atoms with Crippen molar-refractivity contribution < 1.29 is 0 Å². The van der Waals surface area contributed by atoms with E-state index in [1.807, 2.05) is 6.20 Å². The first-order valence-electron chi connectivity index (χ1n) is 6.71. The first-order valence-corrected chi connectivity index (χ1v) is 6.71. The zero-order valence-corrected chi connectivity index (χ0v) is 10.9. The summed E-state index contributed by atoms with van der Waals surface area (Å²) in [6.45, 7) is 6.44. The Kier molecular flexibility index (Phi) is 4.57. The summed E-state index contributed by atoms with van der Waals surface area (Å²) in [6.07, 6.45) is 7.18. The number of aromatic nitrogens is 2. The van der Waals surface area contributed by atoms with Gasteiger partial charge in [-0.25, -0.2) is 0 Å². The van der Waals surface area contributed by atoms with E-state index in [0.717, 1.165) is 6.54 Å². The number of hydrogen-bond acceptors (Lipinski definition) is 3. The number of nitrogens with zero attached hydrogens (tertiary/aromatic N) is 1. The molecular formula is C13H24N4. The van der Waals surface area contributed by atoms with E-state index in [0.29, 0.717) is 12.1 Å². The highest BCUT2D eigenvalue weighted by Gasteiger charge is 2.15. The molecule has 1 aliphatic rings. The molecule has 17 heavy (non-hydrogen) atoms. The van der Waals surface area contributed by atoms with Crippen LogP contribution in [0.2, 0.25) is 0 Å². The average molecular weight is 236 g/mol. The summed E-state index contributed by atoms with van der Waals surface area (Å²) in [4.78, 5) is 0. The molecule has 0 saturated carbocycles. The van der Waals surface area contributed by atoms with Crippen LogP contribution in [0.25, 0.3) is 0 Å². The Balaban J connectivity index is 1.70. The normalized spacial score (nSPS) is 22.6. The van der Waals surface area contributed by atoms with Gasteiger partial charge in [-0.05, 0) is 39.7 Å². The molecule has 0 bridgehead atoms. The molecule has 96 valence electrons. The molecule has 3 N–H and O–H groups in total. The third kappa shape index (κ3) is 3.82. The lowest BCUT2D eigenvalue weighted by molar-refractivity contribution is 0.344. The minimum absolute atomic E-state index is 0.555. The predicted molar refractivity (Wildman–Crippen MR) is 69.9 cm³/mol. The molecule has 1 aliphatic heterocycles. The van der Waals surface area contributed by atoms with Crippen LogP contribution in [0, 0.1) is 6.92 Å². The molecular weight excluding hydrogens is 212 g/mol. The van der Waals surface area contributed by atoms with Crippen LogP contribution in [-0.2, 0) is 6.54 Å². The highest BCUT2D eigenvalue weighted by molar-refractivity contribution is 5.13. The molecule has 1 fully saturated rings. The number of nitrogens with one attached hydrogen (secondary N) is 3. The van der Waals surface area contributed by atoms with E-state index in [1.165, 1.54) is 43.5 Å². The van der Waals surface area contributed by atoms with Crippen molar-refractivity contribution >= 4 is 0 Å². The Bertz CT molecular complexity index is 328. The first kappa shape index (κ1) is 12.6. The predicted octanol–water partition coefficient (Wildman–Crippen LogP) is 1.73. The van der Waals surface area contributed by atoms with E-state index >= 15 is 0 Å². The number of hydrogen-bond donors (Lipinski definition) is 3. The van der Waals surface area contributed by atoms with Gasteiger partial charge < -0.3 is 10.6 Å². The van der Waals surface area contributed by atoms with Crippen molar-refractivity contribution in [2.75, 3.05) is 6.54 Å². The number of H-pyrrole nitrogens is 1. The number of rotatable bonds is 5. The summed E-state index contributed by atoms with van der Waals surface area (Å²) in [7, 11) is 0. The molecule has 2 heterocycles. The van der Waals surface area contributed by atoms with Crippen LogP contribution in [0.4, 0.5) is 0 Å². The summed E-state index contributed by atoms with van der Waals surface area (Å²) in [5, 5.41) is 14.2. The molecule has 1 saturated heterocycles. The van der Waals surface area contributed by atoms with Crippen molar-refractivity contribution in [3.8, 4) is 0 Å². The number of aryl methyl sites for hydroxylation is 1. The second-order valence-corrected chi connectivity index (χ2v) is 5.18. The third-order valence-electron chi connectivity index (χ3n) is 3.63. The zero-order valence-electron chi connectivity index (χ0n) is 10.9. The maximum absolute atomic E-state index is 4.04. The molecule has 2 unspecified atom stereocenters. The van der Waals surface area contributed by atoms with Crippen LogP contribution in [0.3, 0.4) is 0 Å². The Morgan fingerprint density at radius 1 is 1.53 bits per heavy atom. The summed E-state index contributed by atoms with van der Waals surface area (Å²) < 4.78 is 0. The monoisotopic (exact) mass is 236 g/mol. The molecule has 4 nitrogen and oxygen atoms in total. The van der Waals surface area contributed by atoms with Crippen LogP contribution in [0.5, 0.6) is 0 Å². The average Bonchev–Trinajstić information content (AvgIpc) is 2.74. The van der Waals surface area contributed by atoms with Crippen LogP contribution in [-0.4, -0.2) is 28.8 Å². The topological polar surface area (TPSA) is 52.7 Å². The maximum atomic E-state index is 4.04. The van der Waals surface area contributed by atoms with Gasteiger partial charge in [0.2, 0.25) is 0 Å². The Morgan fingerprint density at radius 3 is 3.06 bits per heavy atom. The molecule has 4 heteroatoms. The van der Waals surface area contributed by atoms with Crippen LogP contribution < -0.4 is 10.6 Å². The molecule has 1 aromatic rings. The van der Waals surface area contributed by atoms with Crippen LogP contribution >= 0.6 is 0 Å². The summed E-state index contributed by atoms with van der Waals surface area (Å²) >= 11 is 0. The fourth-order valence-corrected chi connectivity index (χ4v) is 2.47. The van der Waals surface area contributed by atoms with Gasteiger partial charge in [0.05, 0.1) is 6.20 Å². The smallest absolute Gasteiger partial charge is 0.0535 e. The molecule has 0 radical (unpaired) electrons. The lowest BCUT2D eigenvalue weighted by Gasteiger charge is -2.26. The Morgan fingerprint density at radius 2 is 2.41 bits per heavy atom. The molecule has 1 aromatic heterocycles. The summed E-state index contributed by atoms with van der Waals surface area (Å²) in [5.41, 5.74) is 2.44. The van der Waals surface area contributed by atoms with Crippen molar-refractivity contribution in [3.05, 3.63) is 17.5 Å². The highest BCUT2D eigenvalue weighted by Crippen LogP contribution is 2.12. The van der Waals surface area contributed by atoms with Gasteiger partial charge in [0.1, 0.15) is 0 Å². The van der Waals surface area contributed by atoms with Gasteiger partial charge in [0.15, 0.2) is 0 Å². The van der Waals surface area contributed by atoms with Gasteiger partial charge in [-0.3, -0.25) is 5.10 Å². The lowest BCUT2D eigenvalue weighted by atomic mass is 9.99. The molecule has 0 aliphatic carbocycles. The van der Waals surface area contributed by atoms with E-state index in [1.54, 1.807) is 0 Å². The van der Waals surface area contributed by atoms with Crippen molar-refractivity contribution in [1.82, 2.24) is 20.8 Å². The summed E-state index contributed by atoms with van der Waals surface area (Å²) in [5.74, 6) is 0. The SMILES string of the molecule is Cc1[nH]ncc1CNC(C)CC1CCCCN1. The van der Waals surface area contributed by atoms with E-state index < -0.39 is 0 Å². The van der Waals surface area contributed by atoms with Gasteiger partial charge in [0, 0.05) is 29.9 Å². The zero-order chi connectivity index (χ0) is 12.1. The highest BCUT2D eigenvalue weighted by atomic mass is 15.1. The van der Waals surface area contributed by atoms with Gasteiger partial charge in [0.25, 0.3) is 0 Å². The molecule has 0 aromatic carbocycles. The standard InChI is InChI=1S/C13H24N4/c1-10(7-13-5-3-4-6-14-13)15-8-12-9-16-17-11(12)2/h9-10,13-15H,3-8H2,1-2H3,(H,16,17). The lowest BCUT2D eigenvalue weighted by Crippen LogP contribution is -2.39. The van der Waals surface area contributed by atoms with E-state index in [-0.39, 0.29) is 0 Å². The van der Waals surface area contributed by atoms with Crippen LogP contribution in [0.15, 0.2) is 6.20 Å². The first-order chi connectivity index (χ1) is 8.25. The van der Waals surface area contributed by atoms with E-state index in [2.05, 4.69) is 34.7 Å². The quantitative estimate of drug-likeness (QED) is 0.730. The van der Waals surface area contributed by atoms with Crippen molar-refractivity contribution in [2.24, 2.45) is 0 Å². The van der Waals surface area contributed by atoms with Gasteiger partial charge in [-0.2, -0.15) is 5.10 Å². The van der Waals surface area contributed by atoms with Gasteiger partial charge >= 0.3 is 0 Å². The van der Waals surface area contributed by atoms with Crippen molar-refractivity contribution in [1.29, 1.82) is 0 Å². The summed E-state index contributed by atoms with van der Waals surface area (Å²) in [6, 6.07) is 1.26. The minimum Gasteiger partial charge on any atom is -0.314 e. The molecule has 0 amide bonds. The molecule has 2 atom stereocenters. The van der Waals surface area contributed by atoms with Gasteiger partial charge in [-0.1, -0.05) is 6.42 Å². The largest absolute Gasteiger partial charge is 0.314 e. The van der Waals surface area contributed by atoms with Crippen LogP contribution in [0.1, 0.15) is 43.9 Å². The van der Waals surface area contributed by atoms with Gasteiger partial charge in [-0.15, -0.1) is 0 Å². The fourth-order valence-electron chi connectivity index (χ4n) is 2.47. The second-order valence-electron chi connectivity index (χ2n) is 5.18. The van der Waals surface area contributed by atoms with Crippen molar-refractivity contribution in [3.63, 3.8) is 0 Å². The second kappa shape index (κ2) is 6.17. The third-order valence-corrected chi connectivity index (χ3v) is 3.63. The molecule has 2 rings (SSSR count). The fraction of sp³-hybridized carbons (Fsp3) is 0.769. The maximum Gasteiger partial charge on any atom is 0.0535 e. The van der Waals surface area contributed by atoms with E-state index in [4.69, 9.17) is 0 Å². The molecule has 0 spiro atoms. The number of aromatic amines is 1. The number of piperidine rings is 1. The minimum atomic E-state index is 0.555. The Hall–Kier alpha value is -0.870.